The molecule has 0 amide bonds. The van der Waals surface area contributed by atoms with Crippen molar-refractivity contribution in [2.24, 2.45) is 0 Å². The number of rotatable bonds is 6. The zero-order valence-electron chi connectivity index (χ0n) is 11.0. The summed E-state index contributed by atoms with van der Waals surface area (Å²) in [6.45, 7) is 2.16. The van der Waals surface area contributed by atoms with Gasteiger partial charge < -0.3 is 5.11 Å². The average Bonchev–Trinajstić information content (AvgIpc) is 2.84. The molecule has 1 aliphatic rings. The molecule has 1 aliphatic heterocycles. The number of unbranched alkanes of at least 4 members (excludes halogenated alkanes) is 1. The lowest BCUT2D eigenvalue weighted by Crippen LogP contribution is -2.24. The first kappa shape index (κ1) is 14.8. The second-order valence-electron chi connectivity index (χ2n) is 5.10. The molecule has 1 saturated heterocycles. The zero-order chi connectivity index (χ0) is 13.7. The summed E-state index contributed by atoms with van der Waals surface area (Å²) in [4.78, 5) is 13.0. The summed E-state index contributed by atoms with van der Waals surface area (Å²) < 4.78 is 1.27. The monoisotopic (exact) mass is 373 g/mol. The number of likely N-dealkylation sites (tertiary alicyclic amines) is 1. The topological polar surface area (TPSA) is 40.5 Å². The van der Waals surface area contributed by atoms with Crippen molar-refractivity contribution in [1.29, 1.82) is 0 Å². The lowest BCUT2D eigenvalue weighted by Gasteiger charge is -2.24. The molecule has 1 atom stereocenters. The average molecular weight is 373 g/mol. The van der Waals surface area contributed by atoms with Gasteiger partial charge in [0.2, 0.25) is 0 Å². The van der Waals surface area contributed by atoms with Crippen LogP contribution in [-0.2, 0) is 4.79 Å². The van der Waals surface area contributed by atoms with Crippen LogP contribution in [0.25, 0.3) is 0 Å². The van der Waals surface area contributed by atoms with Gasteiger partial charge in [-0.15, -0.1) is 0 Å². The van der Waals surface area contributed by atoms with Gasteiger partial charge in [-0.25, -0.2) is 0 Å². The van der Waals surface area contributed by atoms with Crippen LogP contribution in [0.5, 0.6) is 0 Å². The highest BCUT2D eigenvalue weighted by molar-refractivity contribution is 14.1. The Kier molecular flexibility index (Phi) is 5.63. The maximum Gasteiger partial charge on any atom is 0.303 e. The highest BCUT2D eigenvalue weighted by Gasteiger charge is 2.25. The van der Waals surface area contributed by atoms with E-state index in [9.17, 15) is 4.79 Å². The predicted octanol–water partition coefficient (Wildman–Crippen LogP) is 3.68. The van der Waals surface area contributed by atoms with Gasteiger partial charge in [-0.3, -0.25) is 9.69 Å². The summed E-state index contributed by atoms with van der Waals surface area (Å²) in [5.41, 5.74) is 1.40. The fourth-order valence-electron chi connectivity index (χ4n) is 2.75. The summed E-state index contributed by atoms with van der Waals surface area (Å²) in [5, 5.41) is 8.65. The first-order chi connectivity index (χ1) is 9.16. The molecule has 0 saturated carbocycles. The molecular formula is C15H20INO2. The third-order valence-electron chi connectivity index (χ3n) is 3.70. The molecule has 0 radical (unpaired) electrons. The molecule has 0 aromatic heterocycles. The fourth-order valence-corrected chi connectivity index (χ4v) is 3.11. The van der Waals surface area contributed by atoms with E-state index in [1.807, 2.05) is 0 Å². The molecule has 19 heavy (non-hydrogen) atoms. The van der Waals surface area contributed by atoms with Crippen LogP contribution in [0.3, 0.4) is 0 Å². The number of carboxylic acids is 1. The number of halogens is 1. The summed E-state index contributed by atoms with van der Waals surface area (Å²) in [6.07, 6.45) is 4.52. The van der Waals surface area contributed by atoms with Gasteiger partial charge in [0.05, 0.1) is 0 Å². The third kappa shape index (κ3) is 4.45. The Morgan fingerprint density at radius 2 is 2.05 bits per heavy atom. The van der Waals surface area contributed by atoms with Gasteiger partial charge >= 0.3 is 5.97 Å². The van der Waals surface area contributed by atoms with Crippen LogP contribution in [0.15, 0.2) is 24.3 Å². The van der Waals surface area contributed by atoms with Crippen LogP contribution >= 0.6 is 22.6 Å². The fraction of sp³-hybridized carbons (Fsp3) is 0.533. The van der Waals surface area contributed by atoms with Crippen LogP contribution < -0.4 is 0 Å². The normalized spacial score (nSPS) is 19.7. The SMILES string of the molecule is O=C(O)CCCCN1CCCC1c1ccc(I)cc1. The number of benzene rings is 1. The van der Waals surface area contributed by atoms with E-state index in [0.29, 0.717) is 12.5 Å². The molecule has 2 rings (SSSR count). The largest absolute Gasteiger partial charge is 0.481 e. The van der Waals surface area contributed by atoms with Gasteiger partial charge in [0, 0.05) is 16.0 Å². The summed E-state index contributed by atoms with van der Waals surface area (Å²) in [6, 6.07) is 9.30. The van der Waals surface area contributed by atoms with Gasteiger partial charge in [-0.2, -0.15) is 0 Å². The lowest BCUT2D eigenvalue weighted by atomic mass is 10.0. The molecule has 1 unspecified atom stereocenters. The van der Waals surface area contributed by atoms with E-state index in [0.717, 1.165) is 25.9 Å². The Bertz CT molecular complexity index is 419. The van der Waals surface area contributed by atoms with Gasteiger partial charge in [0.25, 0.3) is 0 Å². The van der Waals surface area contributed by atoms with Crippen LogP contribution in [0.2, 0.25) is 0 Å². The van der Waals surface area contributed by atoms with E-state index in [-0.39, 0.29) is 0 Å². The Balaban J connectivity index is 1.86. The number of aliphatic carboxylic acids is 1. The van der Waals surface area contributed by atoms with Crippen molar-refractivity contribution in [3.05, 3.63) is 33.4 Å². The molecule has 1 N–H and O–H groups in total. The van der Waals surface area contributed by atoms with Crippen molar-refractivity contribution < 1.29 is 9.90 Å². The summed E-state index contributed by atoms with van der Waals surface area (Å²) in [5.74, 6) is -0.685. The molecular weight excluding hydrogens is 353 g/mol. The van der Waals surface area contributed by atoms with Crippen molar-refractivity contribution in [3.8, 4) is 0 Å². The number of carboxylic acid groups (broad SMARTS) is 1. The summed E-state index contributed by atoms with van der Waals surface area (Å²) in [7, 11) is 0. The second kappa shape index (κ2) is 7.24. The Labute approximate surface area is 128 Å². The first-order valence-electron chi connectivity index (χ1n) is 6.88. The van der Waals surface area contributed by atoms with Crippen molar-refractivity contribution in [1.82, 2.24) is 4.90 Å². The lowest BCUT2D eigenvalue weighted by molar-refractivity contribution is -0.137. The number of carbonyl (C=O) groups is 1. The van der Waals surface area contributed by atoms with E-state index in [1.165, 1.54) is 22.0 Å². The van der Waals surface area contributed by atoms with E-state index >= 15 is 0 Å². The van der Waals surface area contributed by atoms with Crippen LogP contribution in [0.1, 0.15) is 43.7 Å². The number of hydrogen-bond donors (Lipinski definition) is 1. The molecule has 4 heteroatoms. The molecule has 1 aromatic rings. The van der Waals surface area contributed by atoms with Crippen molar-refractivity contribution in [2.75, 3.05) is 13.1 Å². The molecule has 0 aliphatic carbocycles. The maximum absolute atomic E-state index is 10.5. The van der Waals surface area contributed by atoms with E-state index < -0.39 is 5.97 Å². The molecule has 1 aromatic carbocycles. The van der Waals surface area contributed by atoms with Crippen molar-refractivity contribution in [3.63, 3.8) is 0 Å². The Morgan fingerprint density at radius 3 is 2.74 bits per heavy atom. The standard InChI is InChI=1S/C15H20INO2/c16-13-8-6-12(7-9-13)14-4-3-11-17(14)10-2-1-5-15(18)19/h6-9,14H,1-5,10-11H2,(H,18,19). The van der Waals surface area contributed by atoms with Crippen molar-refractivity contribution >= 4 is 28.6 Å². The van der Waals surface area contributed by atoms with Gasteiger partial charge in [0.15, 0.2) is 0 Å². The van der Waals surface area contributed by atoms with Crippen LogP contribution in [0.4, 0.5) is 0 Å². The quantitative estimate of drug-likeness (QED) is 0.611. The number of nitrogens with zero attached hydrogens (tertiary/aromatic N) is 1. The predicted molar refractivity (Wildman–Crippen MR) is 84.2 cm³/mol. The molecule has 1 heterocycles. The molecule has 0 spiro atoms. The van der Waals surface area contributed by atoms with Crippen LogP contribution in [-0.4, -0.2) is 29.1 Å². The maximum atomic E-state index is 10.5. The number of hydrogen-bond acceptors (Lipinski definition) is 2. The minimum absolute atomic E-state index is 0.294. The zero-order valence-corrected chi connectivity index (χ0v) is 13.2. The van der Waals surface area contributed by atoms with Gasteiger partial charge in [0.1, 0.15) is 0 Å². The minimum atomic E-state index is -0.685. The summed E-state index contributed by atoms with van der Waals surface area (Å²) >= 11 is 2.33. The Hall–Kier alpha value is -0.620. The van der Waals surface area contributed by atoms with Gasteiger partial charge in [-0.1, -0.05) is 12.1 Å². The molecule has 0 bridgehead atoms. The van der Waals surface area contributed by atoms with E-state index in [2.05, 4.69) is 51.8 Å². The first-order valence-corrected chi connectivity index (χ1v) is 7.96. The third-order valence-corrected chi connectivity index (χ3v) is 4.42. The second-order valence-corrected chi connectivity index (χ2v) is 6.34. The molecule has 104 valence electrons. The van der Waals surface area contributed by atoms with E-state index in [4.69, 9.17) is 5.11 Å². The van der Waals surface area contributed by atoms with Crippen molar-refractivity contribution in [2.45, 2.75) is 38.1 Å². The van der Waals surface area contributed by atoms with Gasteiger partial charge in [-0.05, 0) is 79.1 Å². The smallest absolute Gasteiger partial charge is 0.303 e. The van der Waals surface area contributed by atoms with E-state index in [1.54, 1.807) is 0 Å². The Morgan fingerprint density at radius 1 is 1.32 bits per heavy atom. The highest BCUT2D eigenvalue weighted by atomic mass is 127. The molecule has 1 fully saturated rings. The highest BCUT2D eigenvalue weighted by Crippen LogP contribution is 2.32. The minimum Gasteiger partial charge on any atom is -0.481 e. The molecule has 3 nitrogen and oxygen atoms in total. The van der Waals surface area contributed by atoms with Crippen LogP contribution in [0, 0.1) is 3.57 Å².